The molecule has 0 spiro atoms. The molecule has 0 aliphatic carbocycles. The van der Waals surface area contributed by atoms with Gasteiger partial charge < -0.3 is 10.6 Å². The Balaban J connectivity index is 1.60. The topological polar surface area (TPSA) is 41.1 Å². The van der Waals surface area contributed by atoms with E-state index in [9.17, 15) is 4.79 Å². The van der Waals surface area contributed by atoms with Crippen LogP contribution in [0.3, 0.4) is 0 Å². The van der Waals surface area contributed by atoms with Gasteiger partial charge in [-0.15, -0.1) is 0 Å². The second kappa shape index (κ2) is 7.11. The first-order valence-corrected chi connectivity index (χ1v) is 7.98. The third kappa shape index (κ3) is 4.20. The summed E-state index contributed by atoms with van der Waals surface area (Å²) in [7, 11) is 0. The first-order chi connectivity index (χ1) is 11.2. The van der Waals surface area contributed by atoms with Crippen molar-refractivity contribution in [3.8, 4) is 0 Å². The van der Waals surface area contributed by atoms with Crippen LogP contribution in [0.4, 0.5) is 10.5 Å². The molecule has 23 heavy (non-hydrogen) atoms. The van der Waals surface area contributed by atoms with Crippen LogP contribution in [-0.4, -0.2) is 6.03 Å². The van der Waals surface area contributed by atoms with E-state index in [0.29, 0.717) is 0 Å². The average molecular weight is 367 g/mol. The van der Waals surface area contributed by atoms with E-state index in [4.69, 9.17) is 0 Å². The lowest BCUT2D eigenvalue weighted by Gasteiger charge is -2.06. The number of amides is 2. The zero-order valence-corrected chi connectivity index (χ0v) is 13.9. The molecule has 0 aliphatic rings. The Labute approximate surface area is 143 Å². The highest BCUT2D eigenvalue weighted by Gasteiger charge is 2.00. The Bertz CT molecular complexity index is 857. The minimum Gasteiger partial charge on any atom is -0.314 e. The van der Waals surface area contributed by atoms with Crippen molar-refractivity contribution in [2.24, 2.45) is 0 Å². The van der Waals surface area contributed by atoms with Gasteiger partial charge in [0.25, 0.3) is 0 Å². The molecule has 4 heteroatoms. The number of hydrogen-bond donors (Lipinski definition) is 2. The zero-order valence-electron chi connectivity index (χ0n) is 12.3. The van der Waals surface area contributed by atoms with E-state index in [1.54, 1.807) is 6.20 Å². The van der Waals surface area contributed by atoms with Crippen molar-refractivity contribution >= 4 is 44.5 Å². The maximum atomic E-state index is 11.9. The van der Waals surface area contributed by atoms with Gasteiger partial charge in [0, 0.05) is 16.4 Å². The molecule has 2 N–H and O–H groups in total. The Hall–Kier alpha value is -2.59. The molecule has 0 bridgehead atoms. The molecule has 3 rings (SSSR count). The molecule has 3 aromatic rings. The summed E-state index contributed by atoms with van der Waals surface area (Å²) in [6.07, 6.45) is 3.46. The van der Waals surface area contributed by atoms with Gasteiger partial charge in [0.2, 0.25) is 0 Å². The number of rotatable bonds is 3. The van der Waals surface area contributed by atoms with Crippen molar-refractivity contribution in [3.63, 3.8) is 0 Å². The molecule has 0 radical (unpaired) electrons. The molecule has 0 aliphatic heterocycles. The van der Waals surface area contributed by atoms with Gasteiger partial charge in [-0.2, -0.15) is 0 Å². The molecule has 0 aromatic heterocycles. The van der Waals surface area contributed by atoms with Crippen molar-refractivity contribution in [2.75, 3.05) is 5.32 Å². The molecule has 3 nitrogen and oxygen atoms in total. The number of hydrogen-bond acceptors (Lipinski definition) is 1. The van der Waals surface area contributed by atoms with Crippen LogP contribution in [0.15, 0.2) is 77.4 Å². The molecule has 0 saturated heterocycles. The lowest BCUT2D eigenvalue weighted by molar-refractivity contribution is 0.255. The third-order valence-electron chi connectivity index (χ3n) is 3.37. The number of anilines is 1. The first kappa shape index (κ1) is 15.3. The Morgan fingerprint density at radius 1 is 0.913 bits per heavy atom. The molecule has 2 amide bonds. The van der Waals surface area contributed by atoms with Crippen LogP contribution in [0.2, 0.25) is 0 Å². The van der Waals surface area contributed by atoms with Gasteiger partial charge in [-0.25, -0.2) is 4.79 Å². The predicted octanol–water partition coefficient (Wildman–Crippen LogP) is 5.39. The van der Waals surface area contributed by atoms with Crippen molar-refractivity contribution in [2.45, 2.75) is 0 Å². The molecule has 0 heterocycles. The van der Waals surface area contributed by atoms with Crippen LogP contribution < -0.4 is 10.6 Å². The molecular weight excluding hydrogens is 352 g/mol. The van der Waals surface area contributed by atoms with Crippen LogP contribution in [0, 0.1) is 0 Å². The van der Waals surface area contributed by atoms with E-state index in [1.165, 1.54) is 0 Å². The minimum absolute atomic E-state index is 0.270. The fraction of sp³-hybridized carbons (Fsp3) is 0. The fourth-order valence-corrected chi connectivity index (χ4v) is 2.49. The van der Waals surface area contributed by atoms with E-state index in [-0.39, 0.29) is 6.03 Å². The lowest BCUT2D eigenvalue weighted by Crippen LogP contribution is -2.23. The fourth-order valence-electron chi connectivity index (χ4n) is 2.22. The number of fused-ring (bicyclic) bond motifs is 1. The van der Waals surface area contributed by atoms with Crippen LogP contribution in [0.5, 0.6) is 0 Å². The smallest absolute Gasteiger partial charge is 0.314 e. The summed E-state index contributed by atoms with van der Waals surface area (Å²) in [4.78, 5) is 11.9. The predicted molar refractivity (Wildman–Crippen MR) is 99.3 cm³/mol. The number of carbonyl (C=O) groups is 1. The third-order valence-corrected chi connectivity index (χ3v) is 3.90. The average Bonchev–Trinajstić information content (AvgIpc) is 2.56. The van der Waals surface area contributed by atoms with Crippen molar-refractivity contribution in [1.29, 1.82) is 0 Å². The molecule has 0 atom stereocenters. The van der Waals surface area contributed by atoms with Gasteiger partial charge in [-0.1, -0.05) is 58.4 Å². The van der Waals surface area contributed by atoms with Crippen molar-refractivity contribution in [3.05, 3.63) is 83.0 Å². The van der Waals surface area contributed by atoms with Gasteiger partial charge in [0.1, 0.15) is 0 Å². The highest BCUT2D eigenvalue weighted by Crippen LogP contribution is 2.18. The largest absolute Gasteiger partial charge is 0.323 e. The molecule has 0 unspecified atom stereocenters. The monoisotopic (exact) mass is 366 g/mol. The highest BCUT2D eigenvalue weighted by atomic mass is 79.9. The van der Waals surface area contributed by atoms with Gasteiger partial charge in [-0.3, -0.25) is 0 Å². The van der Waals surface area contributed by atoms with Crippen molar-refractivity contribution < 1.29 is 4.79 Å². The number of nitrogens with one attached hydrogen (secondary N) is 2. The van der Waals surface area contributed by atoms with Gasteiger partial charge in [-0.05, 0) is 46.7 Å². The zero-order chi connectivity index (χ0) is 16.1. The quantitative estimate of drug-likeness (QED) is 0.640. The second-order valence-electron chi connectivity index (χ2n) is 5.05. The van der Waals surface area contributed by atoms with Crippen LogP contribution in [0.1, 0.15) is 5.56 Å². The number of carbonyl (C=O) groups excluding carboxylic acids is 1. The molecule has 0 saturated carbocycles. The Morgan fingerprint density at radius 2 is 1.65 bits per heavy atom. The summed E-state index contributed by atoms with van der Waals surface area (Å²) < 4.78 is 1.02. The van der Waals surface area contributed by atoms with Crippen LogP contribution in [0.25, 0.3) is 16.8 Å². The molecule has 0 fully saturated rings. The van der Waals surface area contributed by atoms with Gasteiger partial charge in [0.15, 0.2) is 0 Å². The Kier molecular flexibility index (Phi) is 4.74. The highest BCUT2D eigenvalue weighted by molar-refractivity contribution is 9.10. The minimum atomic E-state index is -0.270. The lowest BCUT2D eigenvalue weighted by atomic mass is 10.1. The summed E-state index contributed by atoms with van der Waals surface area (Å²) in [6, 6.07) is 21.4. The van der Waals surface area contributed by atoms with Crippen molar-refractivity contribution in [1.82, 2.24) is 5.32 Å². The Morgan fingerprint density at radius 3 is 2.43 bits per heavy atom. The summed E-state index contributed by atoms with van der Waals surface area (Å²) in [6.45, 7) is 0. The molecular formula is C19H15BrN2O. The molecule has 3 aromatic carbocycles. The normalized spacial score (nSPS) is 10.8. The van der Waals surface area contributed by atoms with E-state index in [2.05, 4.69) is 26.6 Å². The summed E-state index contributed by atoms with van der Waals surface area (Å²) in [5.74, 6) is 0. The maximum absolute atomic E-state index is 11.9. The number of benzene rings is 3. The standard InChI is InChI=1S/C19H15BrN2O/c20-17-8-5-14(6-9-17)11-12-21-19(23)22-18-10-7-15-3-1-2-4-16(15)13-18/h1-13H,(H2,21,22,23)/b12-11+. The molecule has 114 valence electrons. The van der Waals surface area contributed by atoms with Crippen LogP contribution >= 0.6 is 15.9 Å². The van der Waals surface area contributed by atoms with Crippen LogP contribution in [-0.2, 0) is 0 Å². The van der Waals surface area contributed by atoms with Gasteiger partial charge in [0.05, 0.1) is 0 Å². The summed E-state index contributed by atoms with van der Waals surface area (Å²) in [5, 5.41) is 7.76. The first-order valence-electron chi connectivity index (χ1n) is 7.19. The van der Waals surface area contributed by atoms with E-state index < -0.39 is 0 Å². The van der Waals surface area contributed by atoms with E-state index in [1.807, 2.05) is 72.8 Å². The number of urea groups is 1. The summed E-state index contributed by atoms with van der Waals surface area (Å²) in [5.41, 5.74) is 1.78. The number of halogens is 1. The SMILES string of the molecule is O=C(N/C=C/c1ccc(Br)cc1)Nc1ccc2ccccc2c1. The summed E-state index contributed by atoms with van der Waals surface area (Å²) >= 11 is 3.39. The second-order valence-corrected chi connectivity index (χ2v) is 5.96. The van der Waals surface area contributed by atoms with Gasteiger partial charge >= 0.3 is 6.03 Å². The maximum Gasteiger partial charge on any atom is 0.323 e. The van der Waals surface area contributed by atoms with E-state index in [0.717, 1.165) is 26.5 Å². The van der Waals surface area contributed by atoms with E-state index >= 15 is 0 Å².